The van der Waals surface area contributed by atoms with Gasteiger partial charge in [0.25, 0.3) is 0 Å². The summed E-state index contributed by atoms with van der Waals surface area (Å²) in [6.07, 6.45) is 2.10. The average molecular weight is 230 g/mol. The molecule has 0 heterocycles. The molecule has 98 valence electrons. The molecule has 0 aliphatic rings. The van der Waals surface area contributed by atoms with Crippen LogP contribution in [0.15, 0.2) is 0 Å². The highest BCUT2D eigenvalue weighted by Gasteiger charge is 2.43. The molecule has 0 radical (unpaired) electrons. The Balaban J connectivity index is 4.79. The molecule has 0 spiro atoms. The molecule has 0 aromatic heterocycles. The van der Waals surface area contributed by atoms with Crippen LogP contribution in [0.25, 0.3) is 0 Å². The van der Waals surface area contributed by atoms with Crippen molar-refractivity contribution >= 4 is 0 Å². The second kappa shape index (κ2) is 6.61. The molecular formula is C14H30O2. The highest BCUT2D eigenvalue weighted by Crippen LogP contribution is 2.39. The molecule has 2 heteroatoms. The second-order valence-electron chi connectivity index (χ2n) is 5.80. The van der Waals surface area contributed by atoms with Crippen LogP contribution in [0, 0.1) is 11.3 Å². The van der Waals surface area contributed by atoms with E-state index in [0.29, 0.717) is 19.1 Å². The van der Waals surface area contributed by atoms with Crippen LogP contribution in [0.1, 0.15) is 61.3 Å². The molecular weight excluding hydrogens is 200 g/mol. The van der Waals surface area contributed by atoms with Crippen LogP contribution >= 0.6 is 0 Å². The zero-order valence-corrected chi connectivity index (χ0v) is 12.2. The zero-order chi connectivity index (χ0) is 12.8. The quantitative estimate of drug-likeness (QED) is 0.609. The fourth-order valence-corrected chi connectivity index (χ4v) is 1.94. The molecule has 0 amide bonds. The molecule has 2 nitrogen and oxygen atoms in total. The summed E-state index contributed by atoms with van der Waals surface area (Å²) in [7, 11) is 0. The average Bonchev–Trinajstić information content (AvgIpc) is 2.13. The molecule has 0 unspecified atom stereocenters. The SMILES string of the molecule is CCOC(CCC(C)C)(OCC)C(C)(C)C. The first kappa shape index (κ1) is 15.9. The van der Waals surface area contributed by atoms with Crippen molar-refractivity contribution in [2.24, 2.45) is 11.3 Å². The first-order valence-corrected chi connectivity index (χ1v) is 6.57. The third kappa shape index (κ3) is 4.42. The van der Waals surface area contributed by atoms with E-state index < -0.39 is 5.79 Å². The summed E-state index contributed by atoms with van der Waals surface area (Å²) < 4.78 is 11.9. The Morgan fingerprint density at radius 2 is 1.38 bits per heavy atom. The summed E-state index contributed by atoms with van der Waals surface area (Å²) in [5.74, 6) is 0.253. The predicted octanol–water partition coefficient (Wildman–Crippen LogP) is 4.24. The van der Waals surface area contributed by atoms with Crippen LogP contribution in [0.3, 0.4) is 0 Å². The Bertz CT molecular complexity index is 174. The lowest BCUT2D eigenvalue weighted by Crippen LogP contribution is -2.48. The van der Waals surface area contributed by atoms with E-state index in [1.165, 1.54) is 0 Å². The predicted molar refractivity (Wildman–Crippen MR) is 69.5 cm³/mol. The van der Waals surface area contributed by atoms with Gasteiger partial charge in [0.2, 0.25) is 0 Å². The van der Waals surface area contributed by atoms with E-state index in [1.54, 1.807) is 0 Å². The minimum atomic E-state index is -0.430. The Morgan fingerprint density at radius 1 is 0.938 bits per heavy atom. The molecule has 0 aromatic rings. The van der Waals surface area contributed by atoms with Gasteiger partial charge in [-0.05, 0) is 26.2 Å². The minimum Gasteiger partial charge on any atom is -0.350 e. The first-order valence-electron chi connectivity index (χ1n) is 6.57. The van der Waals surface area contributed by atoms with Gasteiger partial charge in [-0.1, -0.05) is 34.6 Å². The molecule has 0 aliphatic heterocycles. The van der Waals surface area contributed by atoms with Gasteiger partial charge >= 0.3 is 0 Å². The van der Waals surface area contributed by atoms with Crippen molar-refractivity contribution < 1.29 is 9.47 Å². The lowest BCUT2D eigenvalue weighted by atomic mass is 9.81. The molecule has 0 saturated heterocycles. The highest BCUT2D eigenvalue weighted by atomic mass is 16.7. The molecule has 0 atom stereocenters. The molecule has 16 heavy (non-hydrogen) atoms. The molecule has 0 rings (SSSR count). The zero-order valence-electron chi connectivity index (χ0n) is 12.2. The Kier molecular flexibility index (Phi) is 6.57. The lowest BCUT2D eigenvalue weighted by molar-refractivity contribution is -0.290. The maximum absolute atomic E-state index is 5.96. The van der Waals surface area contributed by atoms with Crippen LogP contribution in [-0.2, 0) is 9.47 Å². The van der Waals surface area contributed by atoms with E-state index in [2.05, 4.69) is 34.6 Å². The van der Waals surface area contributed by atoms with Crippen molar-refractivity contribution in [1.82, 2.24) is 0 Å². The summed E-state index contributed by atoms with van der Waals surface area (Å²) in [6.45, 7) is 16.5. The van der Waals surface area contributed by atoms with Gasteiger partial charge < -0.3 is 9.47 Å². The van der Waals surface area contributed by atoms with Crippen molar-refractivity contribution in [2.45, 2.75) is 67.1 Å². The maximum Gasteiger partial charge on any atom is 0.172 e. The van der Waals surface area contributed by atoms with Crippen LogP contribution < -0.4 is 0 Å². The molecule has 0 bridgehead atoms. The minimum absolute atomic E-state index is 0.00785. The lowest BCUT2D eigenvalue weighted by Gasteiger charge is -2.44. The Morgan fingerprint density at radius 3 is 1.62 bits per heavy atom. The Labute approximate surface area is 102 Å². The van der Waals surface area contributed by atoms with Crippen molar-refractivity contribution in [3.8, 4) is 0 Å². The van der Waals surface area contributed by atoms with E-state index in [9.17, 15) is 0 Å². The van der Waals surface area contributed by atoms with Crippen LogP contribution in [0.4, 0.5) is 0 Å². The van der Waals surface area contributed by atoms with E-state index in [4.69, 9.17) is 9.47 Å². The van der Waals surface area contributed by atoms with Gasteiger partial charge in [0.15, 0.2) is 5.79 Å². The number of rotatable bonds is 7. The van der Waals surface area contributed by atoms with Crippen LogP contribution in [0.2, 0.25) is 0 Å². The summed E-state index contributed by atoms with van der Waals surface area (Å²) in [5, 5.41) is 0. The van der Waals surface area contributed by atoms with Gasteiger partial charge in [0.1, 0.15) is 0 Å². The normalized spacial score (nSPS) is 13.5. The standard InChI is InChI=1S/C14H30O2/c1-8-15-14(16-9-2,13(5,6)7)11-10-12(3)4/h12H,8-11H2,1-7H3. The molecule has 0 fully saturated rings. The van der Waals surface area contributed by atoms with Gasteiger partial charge in [-0.2, -0.15) is 0 Å². The topological polar surface area (TPSA) is 18.5 Å². The summed E-state index contributed by atoms with van der Waals surface area (Å²) in [6, 6.07) is 0. The van der Waals surface area contributed by atoms with Gasteiger partial charge in [-0.15, -0.1) is 0 Å². The van der Waals surface area contributed by atoms with E-state index in [0.717, 1.165) is 12.8 Å². The molecule has 0 aliphatic carbocycles. The smallest absolute Gasteiger partial charge is 0.172 e. The fourth-order valence-electron chi connectivity index (χ4n) is 1.94. The molecule has 0 N–H and O–H groups in total. The second-order valence-corrected chi connectivity index (χ2v) is 5.80. The van der Waals surface area contributed by atoms with E-state index in [1.807, 2.05) is 13.8 Å². The van der Waals surface area contributed by atoms with Gasteiger partial charge in [-0.3, -0.25) is 0 Å². The van der Waals surface area contributed by atoms with Crippen molar-refractivity contribution in [1.29, 1.82) is 0 Å². The fraction of sp³-hybridized carbons (Fsp3) is 1.00. The first-order chi connectivity index (χ1) is 7.29. The number of ether oxygens (including phenoxy) is 2. The summed E-state index contributed by atoms with van der Waals surface area (Å²) >= 11 is 0. The molecule has 0 aromatic carbocycles. The largest absolute Gasteiger partial charge is 0.350 e. The van der Waals surface area contributed by atoms with Crippen LogP contribution in [-0.4, -0.2) is 19.0 Å². The monoisotopic (exact) mass is 230 g/mol. The van der Waals surface area contributed by atoms with Gasteiger partial charge in [-0.25, -0.2) is 0 Å². The highest BCUT2D eigenvalue weighted by molar-refractivity contribution is 4.84. The molecule has 0 saturated carbocycles. The van der Waals surface area contributed by atoms with Crippen LogP contribution in [0.5, 0.6) is 0 Å². The maximum atomic E-state index is 5.96. The van der Waals surface area contributed by atoms with E-state index in [-0.39, 0.29) is 5.41 Å². The third-order valence-corrected chi connectivity index (χ3v) is 2.95. The van der Waals surface area contributed by atoms with Crippen molar-refractivity contribution in [3.05, 3.63) is 0 Å². The third-order valence-electron chi connectivity index (χ3n) is 2.95. The Hall–Kier alpha value is -0.0800. The number of hydrogen-bond donors (Lipinski definition) is 0. The summed E-state index contributed by atoms with van der Waals surface area (Å²) in [5.41, 5.74) is 0.00785. The van der Waals surface area contributed by atoms with Gasteiger partial charge in [0.05, 0.1) is 0 Å². The number of hydrogen-bond acceptors (Lipinski definition) is 2. The summed E-state index contributed by atoms with van der Waals surface area (Å²) in [4.78, 5) is 0. The van der Waals surface area contributed by atoms with Gasteiger partial charge in [0, 0.05) is 25.0 Å². The van der Waals surface area contributed by atoms with Crippen molar-refractivity contribution in [2.75, 3.05) is 13.2 Å². The van der Waals surface area contributed by atoms with E-state index >= 15 is 0 Å². The van der Waals surface area contributed by atoms with Crippen molar-refractivity contribution in [3.63, 3.8) is 0 Å².